The number of benzene rings is 2. The van der Waals surface area contributed by atoms with Gasteiger partial charge in [-0.25, -0.2) is 0 Å². The summed E-state index contributed by atoms with van der Waals surface area (Å²) in [6.45, 7) is 1.15. The maximum Gasteiger partial charge on any atom is 0.261 e. The van der Waals surface area contributed by atoms with Gasteiger partial charge in [-0.05, 0) is 49.2 Å². The number of likely N-dealkylation sites (tertiary alicyclic amines) is 1. The zero-order chi connectivity index (χ0) is 22.7. The number of hydrogen-bond acceptors (Lipinski definition) is 5. The van der Waals surface area contributed by atoms with Crippen molar-refractivity contribution < 1.29 is 23.9 Å². The van der Waals surface area contributed by atoms with Gasteiger partial charge in [-0.15, -0.1) is 0 Å². The maximum absolute atomic E-state index is 12.7. The summed E-state index contributed by atoms with van der Waals surface area (Å²) in [5, 5.41) is 2.97. The first-order valence-corrected chi connectivity index (χ1v) is 10.7. The van der Waals surface area contributed by atoms with Crippen molar-refractivity contribution in [3.8, 4) is 5.75 Å². The van der Waals surface area contributed by atoms with E-state index in [0.717, 1.165) is 4.90 Å². The van der Waals surface area contributed by atoms with Gasteiger partial charge in [0.05, 0.1) is 18.2 Å². The summed E-state index contributed by atoms with van der Waals surface area (Å²) in [6.07, 6.45) is 1.36. The van der Waals surface area contributed by atoms with Crippen LogP contribution < -0.4 is 10.1 Å². The number of piperidine rings is 1. The number of carbonyl (C=O) groups excluding carboxylic acids is 4. The van der Waals surface area contributed by atoms with Crippen LogP contribution in [0, 0.1) is 0 Å². The lowest BCUT2D eigenvalue weighted by Gasteiger charge is -2.32. The molecular weight excluding hydrogens is 410 g/mol. The fraction of sp³-hybridized carbons (Fsp3) is 0.333. The molecule has 2 aliphatic rings. The molecule has 0 radical (unpaired) electrons. The first kappa shape index (κ1) is 21.5. The van der Waals surface area contributed by atoms with Crippen LogP contribution in [0.25, 0.3) is 0 Å². The van der Waals surface area contributed by atoms with E-state index in [2.05, 4.69) is 5.32 Å². The van der Waals surface area contributed by atoms with Crippen LogP contribution in [0.15, 0.2) is 48.5 Å². The Morgan fingerprint density at radius 1 is 0.969 bits per heavy atom. The monoisotopic (exact) mass is 435 g/mol. The van der Waals surface area contributed by atoms with E-state index in [-0.39, 0.29) is 42.6 Å². The molecule has 0 spiro atoms. The van der Waals surface area contributed by atoms with Crippen molar-refractivity contribution in [2.75, 3.05) is 26.7 Å². The molecule has 1 saturated heterocycles. The summed E-state index contributed by atoms with van der Waals surface area (Å²) in [4.78, 5) is 52.7. The second-order valence-corrected chi connectivity index (χ2v) is 7.92. The summed E-state index contributed by atoms with van der Waals surface area (Å²) >= 11 is 0. The van der Waals surface area contributed by atoms with Gasteiger partial charge in [-0.2, -0.15) is 0 Å². The van der Waals surface area contributed by atoms with E-state index in [4.69, 9.17) is 4.74 Å². The predicted octanol–water partition coefficient (Wildman–Crippen LogP) is 2.10. The summed E-state index contributed by atoms with van der Waals surface area (Å²) in [6, 6.07) is 13.6. The molecule has 166 valence electrons. The van der Waals surface area contributed by atoms with Crippen molar-refractivity contribution in [1.29, 1.82) is 0 Å². The van der Waals surface area contributed by atoms with E-state index in [0.29, 0.717) is 48.4 Å². The Hall–Kier alpha value is -3.68. The van der Waals surface area contributed by atoms with Crippen LogP contribution in [0.5, 0.6) is 5.75 Å². The molecular formula is C24H25N3O5. The molecule has 8 heteroatoms. The Morgan fingerprint density at radius 2 is 1.56 bits per heavy atom. The number of hydrogen-bond donors (Lipinski definition) is 1. The third-order valence-corrected chi connectivity index (χ3v) is 5.92. The minimum Gasteiger partial charge on any atom is -0.497 e. The standard InChI is InChI=1S/C24H25N3O5/c1-32-18-8-6-16(7-9-18)22(29)26-13-10-17(11-14-26)25-21(28)12-15-27-23(30)19-4-2-3-5-20(19)24(27)31/h2-9,17H,10-15H2,1H3,(H,25,28). The van der Waals surface area contributed by atoms with Gasteiger partial charge < -0.3 is 15.0 Å². The van der Waals surface area contributed by atoms with E-state index in [1.165, 1.54) is 0 Å². The molecule has 2 aromatic rings. The third-order valence-electron chi connectivity index (χ3n) is 5.92. The summed E-state index contributed by atoms with van der Waals surface area (Å²) < 4.78 is 5.12. The van der Waals surface area contributed by atoms with Gasteiger partial charge in [-0.1, -0.05) is 12.1 Å². The fourth-order valence-corrected chi connectivity index (χ4v) is 4.10. The van der Waals surface area contributed by atoms with Gasteiger partial charge in [0.2, 0.25) is 5.91 Å². The molecule has 1 fully saturated rings. The second-order valence-electron chi connectivity index (χ2n) is 7.92. The highest BCUT2D eigenvalue weighted by molar-refractivity contribution is 6.21. The SMILES string of the molecule is COc1ccc(C(=O)N2CCC(NC(=O)CCN3C(=O)c4ccccc4C3=O)CC2)cc1. The molecule has 0 aromatic heterocycles. The maximum atomic E-state index is 12.7. The topological polar surface area (TPSA) is 96.0 Å². The highest BCUT2D eigenvalue weighted by Crippen LogP contribution is 2.22. The molecule has 0 bridgehead atoms. The van der Waals surface area contributed by atoms with E-state index >= 15 is 0 Å². The lowest BCUT2D eigenvalue weighted by Crippen LogP contribution is -2.47. The number of methoxy groups -OCH3 is 1. The highest BCUT2D eigenvalue weighted by Gasteiger charge is 2.35. The molecule has 0 saturated carbocycles. The number of rotatable bonds is 6. The van der Waals surface area contributed by atoms with E-state index in [1.54, 1.807) is 60.5 Å². The summed E-state index contributed by atoms with van der Waals surface area (Å²) in [7, 11) is 1.58. The highest BCUT2D eigenvalue weighted by atomic mass is 16.5. The molecule has 2 heterocycles. The van der Waals surface area contributed by atoms with Crippen molar-refractivity contribution in [3.05, 3.63) is 65.2 Å². The predicted molar refractivity (Wildman–Crippen MR) is 116 cm³/mol. The van der Waals surface area contributed by atoms with Gasteiger partial charge in [0.25, 0.3) is 17.7 Å². The lowest BCUT2D eigenvalue weighted by molar-refractivity contribution is -0.122. The Kier molecular flexibility index (Phi) is 6.20. The minimum atomic E-state index is -0.358. The number of ether oxygens (including phenoxy) is 1. The number of imide groups is 1. The van der Waals surface area contributed by atoms with Crippen molar-refractivity contribution in [1.82, 2.24) is 15.1 Å². The Labute approximate surface area is 186 Å². The molecule has 2 aliphatic heterocycles. The van der Waals surface area contributed by atoms with Crippen LogP contribution in [0.1, 0.15) is 50.3 Å². The van der Waals surface area contributed by atoms with Crippen molar-refractivity contribution in [2.45, 2.75) is 25.3 Å². The fourth-order valence-electron chi connectivity index (χ4n) is 4.10. The number of carbonyl (C=O) groups is 4. The Bertz CT molecular complexity index is 1010. The summed E-state index contributed by atoms with van der Waals surface area (Å²) in [5.74, 6) is -0.263. The molecule has 1 N–H and O–H groups in total. The van der Waals surface area contributed by atoms with Crippen LogP contribution in [0.3, 0.4) is 0 Å². The molecule has 2 aromatic carbocycles. The first-order chi connectivity index (χ1) is 15.5. The Morgan fingerprint density at radius 3 is 2.12 bits per heavy atom. The zero-order valence-corrected chi connectivity index (χ0v) is 17.9. The molecule has 0 atom stereocenters. The quantitative estimate of drug-likeness (QED) is 0.701. The second kappa shape index (κ2) is 9.21. The lowest BCUT2D eigenvalue weighted by atomic mass is 10.0. The molecule has 32 heavy (non-hydrogen) atoms. The van der Waals surface area contributed by atoms with Crippen LogP contribution in [-0.4, -0.2) is 66.2 Å². The molecule has 0 aliphatic carbocycles. The molecule has 4 amide bonds. The van der Waals surface area contributed by atoms with Crippen LogP contribution in [0.2, 0.25) is 0 Å². The number of amides is 4. The molecule has 0 unspecified atom stereocenters. The molecule has 4 rings (SSSR count). The van der Waals surface area contributed by atoms with Gasteiger partial charge in [0.1, 0.15) is 5.75 Å². The van der Waals surface area contributed by atoms with E-state index in [9.17, 15) is 19.2 Å². The normalized spacial score (nSPS) is 16.2. The van der Waals surface area contributed by atoms with Gasteiger partial charge in [0, 0.05) is 37.7 Å². The van der Waals surface area contributed by atoms with Crippen molar-refractivity contribution in [3.63, 3.8) is 0 Å². The zero-order valence-electron chi connectivity index (χ0n) is 17.9. The van der Waals surface area contributed by atoms with Gasteiger partial charge in [-0.3, -0.25) is 24.1 Å². The van der Waals surface area contributed by atoms with E-state index in [1.807, 2.05) is 0 Å². The average molecular weight is 435 g/mol. The van der Waals surface area contributed by atoms with Crippen molar-refractivity contribution >= 4 is 23.6 Å². The smallest absolute Gasteiger partial charge is 0.261 e. The van der Waals surface area contributed by atoms with Crippen LogP contribution >= 0.6 is 0 Å². The summed E-state index contributed by atoms with van der Waals surface area (Å²) in [5.41, 5.74) is 1.37. The molecule has 8 nitrogen and oxygen atoms in total. The van der Waals surface area contributed by atoms with Gasteiger partial charge >= 0.3 is 0 Å². The first-order valence-electron chi connectivity index (χ1n) is 10.7. The van der Waals surface area contributed by atoms with Crippen LogP contribution in [-0.2, 0) is 4.79 Å². The minimum absolute atomic E-state index is 0.0374. The Balaban J connectivity index is 1.23. The number of nitrogens with one attached hydrogen (secondary N) is 1. The largest absolute Gasteiger partial charge is 0.497 e. The van der Waals surface area contributed by atoms with E-state index < -0.39 is 0 Å². The van der Waals surface area contributed by atoms with Crippen molar-refractivity contribution in [2.24, 2.45) is 0 Å². The number of fused-ring (bicyclic) bond motifs is 1. The average Bonchev–Trinajstić information content (AvgIpc) is 3.07. The van der Waals surface area contributed by atoms with Crippen LogP contribution in [0.4, 0.5) is 0 Å². The number of nitrogens with zero attached hydrogens (tertiary/aromatic N) is 2. The third kappa shape index (κ3) is 4.34. The van der Waals surface area contributed by atoms with Gasteiger partial charge in [0.15, 0.2) is 0 Å².